The number of rotatable bonds is 0. The van der Waals surface area contributed by atoms with E-state index in [0.29, 0.717) is 13.1 Å². The number of hydrogen-bond acceptors (Lipinski definition) is 1. The fourth-order valence-corrected chi connectivity index (χ4v) is 2.34. The molecule has 1 heterocycles. The summed E-state index contributed by atoms with van der Waals surface area (Å²) in [5.41, 5.74) is 0. The summed E-state index contributed by atoms with van der Waals surface area (Å²) in [6.45, 7) is 1.13. The molecule has 3 rings (SSSR count). The molecule has 0 amide bonds. The number of alkyl halides is 3. The van der Waals surface area contributed by atoms with Crippen molar-refractivity contribution < 1.29 is 22.0 Å². The number of nitrogens with one attached hydrogen (secondary N) is 1. The van der Waals surface area contributed by atoms with Crippen LogP contribution in [0.1, 0.15) is 0 Å². The van der Waals surface area contributed by atoms with Crippen LogP contribution in [0.4, 0.5) is 22.0 Å². The van der Waals surface area contributed by atoms with Gasteiger partial charge in [-0.2, -0.15) is 13.2 Å². The van der Waals surface area contributed by atoms with Gasteiger partial charge in [0.2, 0.25) is 0 Å². The SMILES string of the molecule is FC(F)(F)C1C2CNCC21.Fc1ccccc1F. The van der Waals surface area contributed by atoms with Crippen LogP contribution in [0.5, 0.6) is 0 Å². The van der Waals surface area contributed by atoms with Gasteiger partial charge >= 0.3 is 6.18 Å². The molecule has 1 saturated carbocycles. The van der Waals surface area contributed by atoms with Crippen LogP contribution in [0.3, 0.4) is 0 Å². The maximum atomic E-state index is 11.9. The zero-order chi connectivity index (χ0) is 13.3. The van der Waals surface area contributed by atoms with Gasteiger partial charge in [0, 0.05) is 0 Å². The second-order valence-electron chi connectivity index (χ2n) is 4.47. The van der Waals surface area contributed by atoms with Crippen LogP contribution in [-0.2, 0) is 0 Å². The van der Waals surface area contributed by atoms with Crippen LogP contribution in [0.25, 0.3) is 0 Å². The Labute approximate surface area is 101 Å². The van der Waals surface area contributed by atoms with Gasteiger partial charge in [-0.1, -0.05) is 12.1 Å². The molecule has 1 aromatic carbocycles. The molecule has 0 bridgehead atoms. The summed E-state index contributed by atoms with van der Waals surface area (Å²) < 4.78 is 59.7. The van der Waals surface area contributed by atoms with E-state index in [4.69, 9.17) is 0 Å². The number of fused-ring (bicyclic) bond motifs is 1. The molecule has 6 heteroatoms. The lowest BCUT2D eigenvalue weighted by Crippen LogP contribution is -2.23. The number of benzene rings is 1. The first-order valence-electron chi connectivity index (χ1n) is 5.58. The van der Waals surface area contributed by atoms with E-state index in [9.17, 15) is 22.0 Å². The molecule has 100 valence electrons. The maximum Gasteiger partial charge on any atom is 0.392 e. The summed E-state index contributed by atoms with van der Waals surface area (Å²) in [4.78, 5) is 0. The quantitative estimate of drug-likeness (QED) is 0.711. The zero-order valence-corrected chi connectivity index (χ0v) is 9.35. The fourth-order valence-electron chi connectivity index (χ4n) is 2.34. The Morgan fingerprint density at radius 2 is 1.39 bits per heavy atom. The monoisotopic (exact) mass is 265 g/mol. The van der Waals surface area contributed by atoms with Crippen LogP contribution in [-0.4, -0.2) is 19.3 Å². The predicted molar refractivity (Wildman–Crippen MR) is 55.8 cm³/mol. The molecule has 1 aliphatic carbocycles. The lowest BCUT2D eigenvalue weighted by atomic mass is 10.3. The van der Waals surface area contributed by atoms with E-state index in [2.05, 4.69) is 5.32 Å². The molecule has 2 unspecified atom stereocenters. The summed E-state index contributed by atoms with van der Waals surface area (Å²) in [5, 5.41) is 2.92. The Balaban J connectivity index is 0.000000138. The van der Waals surface area contributed by atoms with E-state index in [-0.39, 0.29) is 11.8 Å². The van der Waals surface area contributed by atoms with Crippen molar-refractivity contribution in [3.63, 3.8) is 0 Å². The minimum absolute atomic E-state index is 0.0972. The molecular weight excluding hydrogens is 253 g/mol. The Kier molecular flexibility index (Phi) is 3.56. The number of halogens is 5. The van der Waals surface area contributed by atoms with Crippen molar-refractivity contribution in [2.75, 3.05) is 13.1 Å². The van der Waals surface area contributed by atoms with Crippen LogP contribution in [0, 0.1) is 29.4 Å². The van der Waals surface area contributed by atoms with Gasteiger partial charge in [-0.25, -0.2) is 8.78 Å². The Hall–Kier alpha value is -1.17. The van der Waals surface area contributed by atoms with Crippen LogP contribution < -0.4 is 5.32 Å². The minimum atomic E-state index is -3.93. The summed E-state index contributed by atoms with van der Waals surface area (Å²) in [7, 11) is 0. The highest BCUT2D eigenvalue weighted by Gasteiger charge is 2.65. The third-order valence-corrected chi connectivity index (χ3v) is 3.29. The average molecular weight is 265 g/mol. The van der Waals surface area contributed by atoms with Crippen LogP contribution >= 0.6 is 0 Å². The second-order valence-corrected chi connectivity index (χ2v) is 4.47. The first kappa shape index (κ1) is 13.3. The summed E-state index contributed by atoms with van der Waals surface area (Å²) in [6.07, 6.45) is -3.93. The smallest absolute Gasteiger partial charge is 0.316 e. The fraction of sp³-hybridized carbons (Fsp3) is 0.500. The third-order valence-electron chi connectivity index (χ3n) is 3.29. The van der Waals surface area contributed by atoms with Gasteiger partial charge in [-0.15, -0.1) is 0 Å². The Morgan fingerprint density at radius 3 is 1.67 bits per heavy atom. The molecule has 1 aliphatic heterocycles. The van der Waals surface area contributed by atoms with E-state index in [0.717, 1.165) is 12.1 Å². The molecule has 1 saturated heterocycles. The van der Waals surface area contributed by atoms with Gasteiger partial charge in [-0.05, 0) is 37.1 Å². The van der Waals surface area contributed by atoms with Crippen molar-refractivity contribution >= 4 is 0 Å². The van der Waals surface area contributed by atoms with E-state index in [1.165, 1.54) is 12.1 Å². The molecule has 2 aliphatic rings. The Morgan fingerprint density at radius 1 is 0.944 bits per heavy atom. The highest BCUT2D eigenvalue weighted by Crippen LogP contribution is 2.56. The van der Waals surface area contributed by atoms with Gasteiger partial charge in [0.1, 0.15) is 0 Å². The molecule has 1 nitrogen and oxygen atoms in total. The summed E-state index contributed by atoms with van der Waals surface area (Å²) in [6, 6.07) is 5.04. The van der Waals surface area contributed by atoms with Gasteiger partial charge in [0.05, 0.1) is 5.92 Å². The molecule has 0 radical (unpaired) electrons. The first-order chi connectivity index (χ1) is 8.41. The molecule has 1 aromatic rings. The topological polar surface area (TPSA) is 12.0 Å². The van der Waals surface area contributed by atoms with Crippen molar-refractivity contribution in [2.24, 2.45) is 17.8 Å². The van der Waals surface area contributed by atoms with Crippen molar-refractivity contribution in [1.29, 1.82) is 0 Å². The number of piperidine rings is 1. The van der Waals surface area contributed by atoms with Gasteiger partial charge in [-0.3, -0.25) is 0 Å². The first-order valence-corrected chi connectivity index (χ1v) is 5.58. The lowest BCUT2D eigenvalue weighted by molar-refractivity contribution is -0.154. The maximum absolute atomic E-state index is 11.9. The normalized spacial score (nSPS) is 29.3. The summed E-state index contributed by atoms with van der Waals surface area (Å²) in [5.74, 6) is -2.77. The third kappa shape index (κ3) is 2.80. The van der Waals surface area contributed by atoms with Crippen molar-refractivity contribution in [1.82, 2.24) is 5.32 Å². The van der Waals surface area contributed by atoms with Crippen LogP contribution in [0.2, 0.25) is 0 Å². The zero-order valence-electron chi connectivity index (χ0n) is 9.35. The molecule has 0 spiro atoms. The van der Waals surface area contributed by atoms with E-state index in [1.807, 2.05) is 0 Å². The molecular formula is C12H12F5N. The van der Waals surface area contributed by atoms with E-state index in [1.54, 1.807) is 0 Å². The lowest BCUT2D eigenvalue weighted by Gasteiger charge is -2.07. The van der Waals surface area contributed by atoms with E-state index < -0.39 is 23.7 Å². The molecule has 0 aromatic heterocycles. The molecule has 18 heavy (non-hydrogen) atoms. The largest absolute Gasteiger partial charge is 0.392 e. The number of hydrogen-bond donors (Lipinski definition) is 1. The molecule has 1 N–H and O–H groups in total. The summed E-state index contributed by atoms with van der Waals surface area (Å²) >= 11 is 0. The van der Waals surface area contributed by atoms with E-state index >= 15 is 0 Å². The standard InChI is InChI=1S/C6H8F3N.C6H4F2/c7-6(8,9)5-3-1-10-2-4(3)5;7-5-3-1-2-4-6(5)8/h3-5,10H,1-2H2;1-4H. The van der Waals surface area contributed by atoms with Crippen molar-refractivity contribution in [3.8, 4) is 0 Å². The Bertz CT molecular complexity index is 386. The van der Waals surface area contributed by atoms with Gasteiger partial charge < -0.3 is 5.32 Å². The molecule has 2 fully saturated rings. The van der Waals surface area contributed by atoms with Gasteiger partial charge in [0.25, 0.3) is 0 Å². The minimum Gasteiger partial charge on any atom is -0.316 e. The van der Waals surface area contributed by atoms with Crippen molar-refractivity contribution in [3.05, 3.63) is 35.9 Å². The van der Waals surface area contributed by atoms with Gasteiger partial charge in [0.15, 0.2) is 11.6 Å². The highest BCUT2D eigenvalue weighted by atomic mass is 19.4. The predicted octanol–water partition coefficient (Wildman–Crippen LogP) is 2.98. The second kappa shape index (κ2) is 4.84. The molecule has 2 atom stereocenters. The average Bonchev–Trinajstić information content (AvgIpc) is 2.81. The van der Waals surface area contributed by atoms with Crippen molar-refractivity contribution in [2.45, 2.75) is 6.18 Å². The van der Waals surface area contributed by atoms with Crippen LogP contribution in [0.15, 0.2) is 24.3 Å². The highest BCUT2D eigenvalue weighted by molar-refractivity contribution is 5.07.